The fourth-order valence-electron chi connectivity index (χ4n) is 2.55. The highest BCUT2D eigenvalue weighted by atomic mass is 19.4. The van der Waals surface area contributed by atoms with Crippen molar-refractivity contribution in [1.29, 1.82) is 0 Å². The quantitative estimate of drug-likeness (QED) is 0.901. The van der Waals surface area contributed by atoms with E-state index in [9.17, 15) is 23.1 Å². The molecule has 1 aromatic heterocycles. The zero-order valence-electron chi connectivity index (χ0n) is 11.4. The molecule has 0 radical (unpaired) electrons. The van der Waals surface area contributed by atoms with Gasteiger partial charge in [0.1, 0.15) is 5.82 Å². The summed E-state index contributed by atoms with van der Waals surface area (Å²) in [6, 6.07) is 1.62. The first-order valence-electron chi connectivity index (χ1n) is 6.84. The summed E-state index contributed by atoms with van der Waals surface area (Å²) >= 11 is 0. The van der Waals surface area contributed by atoms with Crippen LogP contribution in [0.15, 0.2) is 18.3 Å². The Morgan fingerprint density at radius 2 is 2.00 bits per heavy atom. The summed E-state index contributed by atoms with van der Waals surface area (Å²) < 4.78 is 37.7. The van der Waals surface area contributed by atoms with E-state index in [2.05, 4.69) is 10.3 Å². The van der Waals surface area contributed by atoms with E-state index in [1.165, 1.54) is 0 Å². The number of carbonyl (C=O) groups is 1. The lowest BCUT2D eigenvalue weighted by Crippen LogP contribution is -2.36. The smallest absolute Gasteiger partial charge is 0.389 e. The Bertz CT molecular complexity index is 511. The average Bonchev–Trinajstić information content (AvgIpc) is 2.38. The van der Waals surface area contributed by atoms with E-state index >= 15 is 0 Å². The Morgan fingerprint density at radius 1 is 1.33 bits per heavy atom. The van der Waals surface area contributed by atoms with Gasteiger partial charge in [0, 0.05) is 6.20 Å². The van der Waals surface area contributed by atoms with E-state index in [-0.39, 0.29) is 12.2 Å². The molecule has 2 N–H and O–H groups in total. The Morgan fingerprint density at radius 3 is 2.62 bits per heavy atom. The third-order valence-corrected chi connectivity index (χ3v) is 3.63. The van der Waals surface area contributed by atoms with Crippen molar-refractivity contribution < 1.29 is 23.1 Å². The number of carbonyl (C=O) groups excluding carboxylic acids is 1. The second kappa shape index (κ2) is 6.01. The van der Waals surface area contributed by atoms with Crippen LogP contribution in [0, 0.1) is 0 Å². The predicted octanol–water partition coefficient (Wildman–Crippen LogP) is 3.12. The second-order valence-corrected chi connectivity index (χ2v) is 5.44. The van der Waals surface area contributed by atoms with Crippen molar-refractivity contribution in [2.75, 3.05) is 5.32 Å². The van der Waals surface area contributed by atoms with Crippen molar-refractivity contribution in [3.63, 3.8) is 0 Å². The summed E-state index contributed by atoms with van der Waals surface area (Å²) in [5, 5.41) is 12.6. The zero-order chi connectivity index (χ0) is 15.5. The molecule has 0 aliphatic heterocycles. The van der Waals surface area contributed by atoms with Crippen molar-refractivity contribution in [3.8, 4) is 0 Å². The second-order valence-electron chi connectivity index (χ2n) is 5.44. The van der Waals surface area contributed by atoms with Gasteiger partial charge in [0.15, 0.2) is 0 Å². The number of aliphatic hydroxyl groups is 1. The highest BCUT2D eigenvalue weighted by molar-refractivity contribution is 5.90. The Balaban J connectivity index is 1.99. The maximum atomic E-state index is 12.6. The van der Waals surface area contributed by atoms with Crippen LogP contribution in [-0.2, 0) is 11.0 Å². The van der Waals surface area contributed by atoms with E-state index in [1.54, 1.807) is 0 Å². The maximum absolute atomic E-state index is 12.6. The van der Waals surface area contributed by atoms with Gasteiger partial charge in [-0.2, -0.15) is 13.2 Å². The molecule has 0 bridgehead atoms. The van der Waals surface area contributed by atoms with E-state index in [0.29, 0.717) is 12.8 Å². The molecular weight excluding hydrogens is 285 g/mol. The number of nitrogens with one attached hydrogen (secondary N) is 1. The van der Waals surface area contributed by atoms with Crippen LogP contribution < -0.4 is 5.32 Å². The third-order valence-electron chi connectivity index (χ3n) is 3.63. The first-order valence-corrected chi connectivity index (χ1v) is 6.84. The van der Waals surface area contributed by atoms with Crippen LogP contribution >= 0.6 is 0 Å². The first kappa shape index (κ1) is 15.8. The molecule has 1 aliphatic carbocycles. The molecule has 1 heterocycles. The minimum atomic E-state index is -4.48. The Kier molecular flexibility index (Phi) is 4.51. The molecular formula is C14H17F3N2O2. The molecule has 0 unspecified atom stereocenters. The van der Waals surface area contributed by atoms with Crippen LogP contribution in [0.25, 0.3) is 0 Å². The van der Waals surface area contributed by atoms with Crippen molar-refractivity contribution in [1.82, 2.24) is 4.98 Å². The van der Waals surface area contributed by atoms with E-state index in [4.69, 9.17) is 0 Å². The van der Waals surface area contributed by atoms with Gasteiger partial charge in [-0.15, -0.1) is 0 Å². The monoisotopic (exact) mass is 302 g/mol. The van der Waals surface area contributed by atoms with E-state index in [0.717, 1.165) is 37.6 Å². The number of anilines is 1. The maximum Gasteiger partial charge on any atom is 0.416 e. The Labute approximate surface area is 120 Å². The van der Waals surface area contributed by atoms with E-state index < -0.39 is 23.2 Å². The third kappa shape index (κ3) is 4.42. The normalized spacial score (nSPS) is 18.3. The lowest BCUT2D eigenvalue weighted by Gasteiger charge is -2.31. The summed E-state index contributed by atoms with van der Waals surface area (Å²) in [5.41, 5.74) is -1.92. The molecule has 1 amide bonds. The Hall–Kier alpha value is -1.63. The molecule has 4 nitrogen and oxygen atoms in total. The number of alkyl halides is 3. The van der Waals surface area contributed by atoms with Gasteiger partial charge in [-0.3, -0.25) is 4.79 Å². The van der Waals surface area contributed by atoms with Gasteiger partial charge in [0.25, 0.3) is 0 Å². The van der Waals surface area contributed by atoms with Crippen LogP contribution in [0.4, 0.5) is 19.0 Å². The van der Waals surface area contributed by atoms with Gasteiger partial charge in [-0.25, -0.2) is 4.98 Å². The molecule has 1 aromatic rings. The van der Waals surface area contributed by atoms with E-state index in [1.807, 2.05) is 0 Å². The molecule has 0 aromatic carbocycles. The lowest BCUT2D eigenvalue weighted by molar-refractivity contribution is -0.137. The fraction of sp³-hybridized carbons (Fsp3) is 0.571. The first-order chi connectivity index (χ1) is 9.78. The lowest BCUT2D eigenvalue weighted by atomic mass is 9.82. The number of amides is 1. The number of aromatic nitrogens is 1. The molecule has 116 valence electrons. The molecule has 2 rings (SSSR count). The van der Waals surface area contributed by atoms with Gasteiger partial charge < -0.3 is 10.4 Å². The predicted molar refractivity (Wildman–Crippen MR) is 70.5 cm³/mol. The van der Waals surface area contributed by atoms with Gasteiger partial charge in [0.2, 0.25) is 5.91 Å². The van der Waals surface area contributed by atoms with Crippen molar-refractivity contribution >= 4 is 11.7 Å². The average molecular weight is 302 g/mol. The highest BCUT2D eigenvalue weighted by Gasteiger charge is 2.33. The van der Waals surface area contributed by atoms with Crippen molar-refractivity contribution in [3.05, 3.63) is 23.9 Å². The molecule has 0 spiro atoms. The number of halogens is 3. The molecule has 1 aliphatic rings. The SMILES string of the molecule is O=C(CC1(O)CCCCC1)Nc1cc(C(F)(F)F)ccn1. The minimum absolute atomic E-state index is 0.120. The van der Waals surface area contributed by atoms with Crippen molar-refractivity contribution in [2.24, 2.45) is 0 Å². The molecule has 1 fully saturated rings. The standard InChI is InChI=1S/C14H17F3N2O2/c15-14(16,17)10-4-7-18-11(8-10)19-12(20)9-13(21)5-2-1-3-6-13/h4,7-8,21H,1-3,5-6,9H2,(H,18,19,20). The summed E-state index contributed by atoms with van der Waals surface area (Å²) in [6.45, 7) is 0. The van der Waals surface area contributed by atoms with Crippen LogP contribution in [0.3, 0.4) is 0 Å². The van der Waals surface area contributed by atoms with Gasteiger partial charge in [-0.1, -0.05) is 19.3 Å². The molecule has 21 heavy (non-hydrogen) atoms. The molecule has 0 saturated heterocycles. The van der Waals surface area contributed by atoms with Gasteiger partial charge >= 0.3 is 6.18 Å². The van der Waals surface area contributed by atoms with Gasteiger partial charge in [-0.05, 0) is 25.0 Å². The topological polar surface area (TPSA) is 62.2 Å². The molecule has 7 heteroatoms. The fourth-order valence-corrected chi connectivity index (χ4v) is 2.55. The number of rotatable bonds is 3. The zero-order valence-corrected chi connectivity index (χ0v) is 11.4. The summed E-state index contributed by atoms with van der Waals surface area (Å²) in [6.07, 6.45) is 0.200. The molecule has 0 atom stereocenters. The summed E-state index contributed by atoms with van der Waals surface area (Å²) in [7, 11) is 0. The summed E-state index contributed by atoms with van der Waals surface area (Å²) in [5.74, 6) is -0.680. The van der Waals surface area contributed by atoms with Crippen molar-refractivity contribution in [2.45, 2.75) is 50.3 Å². The number of nitrogens with zero attached hydrogens (tertiary/aromatic N) is 1. The van der Waals surface area contributed by atoms with Crippen LogP contribution in [0.5, 0.6) is 0 Å². The minimum Gasteiger partial charge on any atom is -0.389 e. The number of hydrogen-bond acceptors (Lipinski definition) is 3. The largest absolute Gasteiger partial charge is 0.416 e. The number of pyridine rings is 1. The molecule has 1 saturated carbocycles. The number of hydrogen-bond donors (Lipinski definition) is 2. The highest BCUT2D eigenvalue weighted by Crippen LogP contribution is 2.32. The van der Waals surface area contributed by atoms with Gasteiger partial charge in [0.05, 0.1) is 17.6 Å². The summed E-state index contributed by atoms with van der Waals surface area (Å²) in [4.78, 5) is 15.5. The van der Waals surface area contributed by atoms with Crippen LogP contribution in [0.1, 0.15) is 44.1 Å². The van der Waals surface area contributed by atoms with Crippen LogP contribution in [0.2, 0.25) is 0 Å². The van der Waals surface area contributed by atoms with Crippen LogP contribution in [-0.4, -0.2) is 21.6 Å².